The molecule has 1 atom stereocenters. The maximum Gasteiger partial charge on any atom is 0.306 e. The summed E-state index contributed by atoms with van der Waals surface area (Å²) >= 11 is 0. The molecule has 0 heterocycles. The zero-order valence-corrected chi connectivity index (χ0v) is 55.8. The summed E-state index contributed by atoms with van der Waals surface area (Å²) in [5, 5.41) is 0. The van der Waals surface area contributed by atoms with E-state index in [1.807, 2.05) is 0 Å². The molecule has 0 fully saturated rings. The highest BCUT2D eigenvalue weighted by atomic mass is 16.6. The van der Waals surface area contributed by atoms with Crippen LogP contribution in [0.1, 0.15) is 425 Å². The molecule has 0 spiro atoms. The predicted molar refractivity (Wildman–Crippen MR) is 358 cm³/mol. The van der Waals surface area contributed by atoms with Crippen LogP contribution in [-0.2, 0) is 28.6 Å². The second-order valence-corrected chi connectivity index (χ2v) is 25.6. The highest BCUT2D eigenvalue weighted by molar-refractivity contribution is 5.71. The molecule has 6 heteroatoms. The van der Waals surface area contributed by atoms with Crippen LogP contribution in [0.3, 0.4) is 0 Å². The SMILES string of the molecule is CCCCCCCCCC/C=C\CCCCCCCCCCCCCCCCCC(=O)OCC(COC(=O)CCCCCCCCCCCCCCCC)OC(=O)CCCCCCCCCCCCC/C=C\CCCCCCCCCC. The van der Waals surface area contributed by atoms with Crippen LogP contribution in [0, 0.1) is 0 Å². The van der Waals surface area contributed by atoms with Crippen LogP contribution < -0.4 is 0 Å². The zero-order chi connectivity index (χ0) is 59.2. The lowest BCUT2D eigenvalue weighted by molar-refractivity contribution is -0.167. The average Bonchev–Trinajstić information content (AvgIpc) is 3.48. The van der Waals surface area contributed by atoms with Crippen molar-refractivity contribution < 1.29 is 28.6 Å². The Morgan fingerprint density at radius 2 is 0.402 bits per heavy atom. The van der Waals surface area contributed by atoms with Crippen molar-refractivity contribution in [1.82, 2.24) is 0 Å². The zero-order valence-electron chi connectivity index (χ0n) is 55.8. The molecule has 0 N–H and O–H groups in total. The van der Waals surface area contributed by atoms with E-state index in [4.69, 9.17) is 14.2 Å². The molecule has 6 nitrogen and oxygen atoms in total. The van der Waals surface area contributed by atoms with Crippen molar-refractivity contribution in [2.45, 2.75) is 431 Å². The molecular formula is C76H144O6. The second-order valence-electron chi connectivity index (χ2n) is 25.6. The summed E-state index contributed by atoms with van der Waals surface area (Å²) in [4.78, 5) is 38.5. The Bertz CT molecular complexity index is 1320. The third-order valence-electron chi connectivity index (χ3n) is 17.2. The van der Waals surface area contributed by atoms with E-state index in [0.29, 0.717) is 19.3 Å². The number of unbranched alkanes of at least 4 members (excludes halogenated alkanes) is 55. The van der Waals surface area contributed by atoms with E-state index < -0.39 is 6.10 Å². The van der Waals surface area contributed by atoms with E-state index in [9.17, 15) is 14.4 Å². The first-order valence-electron chi connectivity index (χ1n) is 37.3. The standard InChI is InChI=1S/C76H144O6/c1-4-7-10-13-16-19-22-25-28-30-32-34-36-37-38-39-41-42-44-46-48-51-54-57-60-63-66-69-75(78)81-72-73(71-80-74(77)68-65-62-59-56-53-50-27-24-21-18-15-12-9-6-3)82-76(79)70-67-64-61-58-55-52-49-47-45-43-40-35-33-31-29-26-23-20-17-14-11-8-5-2/h30-33,73H,4-29,34-72H2,1-3H3/b32-30-,33-31-. The third-order valence-corrected chi connectivity index (χ3v) is 17.2. The number of carbonyl (C=O) groups is 3. The van der Waals surface area contributed by atoms with Gasteiger partial charge in [-0.25, -0.2) is 0 Å². The van der Waals surface area contributed by atoms with Crippen LogP contribution in [0.4, 0.5) is 0 Å². The average molecular weight is 1150 g/mol. The van der Waals surface area contributed by atoms with Gasteiger partial charge < -0.3 is 14.2 Å². The summed E-state index contributed by atoms with van der Waals surface area (Å²) in [7, 11) is 0. The number of rotatable bonds is 70. The topological polar surface area (TPSA) is 78.9 Å². The molecule has 0 saturated heterocycles. The lowest BCUT2D eigenvalue weighted by atomic mass is 10.0. The van der Waals surface area contributed by atoms with Crippen LogP contribution in [0.15, 0.2) is 24.3 Å². The normalized spacial score (nSPS) is 12.1. The number of carbonyl (C=O) groups excluding carboxylic acids is 3. The summed E-state index contributed by atoms with van der Waals surface area (Å²) in [6.45, 7) is 6.73. The molecule has 484 valence electrons. The molecule has 1 unspecified atom stereocenters. The highest BCUT2D eigenvalue weighted by Gasteiger charge is 2.20. The maximum atomic E-state index is 13.0. The molecule has 0 radical (unpaired) electrons. The fourth-order valence-corrected chi connectivity index (χ4v) is 11.6. The summed E-state index contributed by atoms with van der Waals surface area (Å²) in [6.07, 6.45) is 87.9. The lowest BCUT2D eigenvalue weighted by Gasteiger charge is -2.18. The molecule has 0 aliphatic rings. The smallest absolute Gasteiger partial charge is 0.306 e. The quantitative estimate of drug-likeness (QED) is 0.0261. The maximum absolute atomic E-state index is 13.0. The van der Waals surface area contributed by atoms with Gasteiger partial charge >= 0.3 is 17.9 Å². The lowest BCUT2D eigenvalue weighted by Crippen LogP contribution is -2.30. The van der Waals surface area contributed by atoms with Gasteiger partial charge in [-0.15, -0.1) is 0 Å². The van der Waals surface area contributed by atoms with Gasteiger partial charge in [0.15, 0.2) is 6.10 Å². The van der Waals surface area contributed by atoms with Gasteiger partial charge in [0.05, 0.1) is 0 Å². The van der Waals surface area contributed by atoms with Crippen molar-refractivity contribution in [2.75, 3.05) is 13.2 Å². The number of ether oxygens (including phenoxy) is 3. The van der Waals surface area contributed by atoms with E-state index in [0.717, 1.165) is 57.8 Å². The Labute approximate surface area is 513 Å². The predicted octanol–water partition coefficient (Wildman–Crippen LogP) is 25.7. The number of hydrogen-bond acceptors (Lipinski definition) is 6. The van der Waals surface area contributed by atoms with Crippen LogP contribution in [0.2, 0.25) is 0 Å². The van der Waals surface area contributed by atoms with Crippen molar-refractivity contribution >= 4 is 17.9 Å². The molecular weight excluding hydrogens is 1010 g/mol. The molecule has 82 heavy (non-hydrogen) atoms. The molecule has 0 aliphatic carbocycles. The van der Waals surface area contributed by atoms with Gasteiger partial charge in [0, 0.05) is 19.3 Å². The first-order valence-corrected chi connectivity index (χ1v) is 37.3. The van der Waals surface area contributed by atoms with E-state index in [2.05, 4.69) is 45.1 Å². The second kappa shape index (κ2) is 71.4. The Morgan fingerprint density at radius 3 is 0.610 bits per heavy atom. The van der Waals surface area contributed by atoms with Gasteiger partial charge in [-0.05, 0) is 70.6 Å². The van der Waals surface area contributed by atoms with Crippen molar-refractivity contribution in [3.8, 4) is 0 Å². The summed E-state index contributed by atoms with van der Waals surface area (Å²) in [5.41, 5.74) is 0. The van der Waals surface area contributed by atoms with Gasteiger partial charge in [0.2, 0.25) is 0 Å². The van der Waals surface area contributed by atoms with Gasteiger partial charge in [-0.1, -0.05) is 360 Å². The largest absolute Gasteiger partial charge is 0.462 e. The fourth-order valence-electron chi connectivity index (χ4n) is 11.6. The monoisotopic (exact) mass is 1150 g/mol. The summed E-state index contributed by atoms with van der Waals surface area (Å²) in [6, 6.07) is 0. The van der Waals surface area contributed by atoms with Gasteiger partial charge in [-0.3, -0.25) is 14.4 Å². The van der Waals surface area contributed by atoms with Crippen LogP contribution in [-0.4, -0.2) is 37.2 Å². The Balaban J connectivity index is 4.21. The van der Waals surface area contributed by atoms with Crippen molar-refractivity contribution in [2.24, 2.45) is 0 Å². The molecule has 0 aromatic carbocycles. The Kier molecular flexibility index (Phi) is 69.5. The van der Waals surface area contributed by atoms with Gasteiger partial charge in [0.25, 0.3) is 0 Å². The minimum atomic E-state index is -0.769. The summed E-state index contributed by atoms with van der Waals surface area (Å²) in [5.74, 6) is -0.830. The van der Waals surface area contributed by atoms with Crippen molar-refractivity contribution in [1.29, 1.82) is 0 Å². The fraction of sp³-hybridized carbons (Fsp3) is 0.908. The van der Waals surface area contributed by atoms with Crippen LogP contribution >= 0.6 is 0 Å². The minimum Gasteiger partial charge on any atom is -0.462 e. The van der Waals surface area contributed by atoms with E-state index in [1.165, 1.54) is 327 Å². The van der Waals surface area contributed by atoms with Gasteiger partial charge in [-0.2, -0.15) is 0 Å². The van der Waals surface area contributed by atoms with Crippen molar-refractivity contribution in [3.05, 3.63) is 24.3 Å². The Hall–Kier alpha value is -2.11. The molecule has 0 aromatic rings. The molecule has 0 aliphatic heterocycles. The molecule has 0 aromatic heterocycles. The number of esters is 3. The number of hydrogen-bond donors (Lipinski definition) is 0. The minimum absolute atomic E-state index is 0.0648. The molecule has 0 amide bonds. The molecule has 0 bridgehead atoms. The molecule has 0 rings (SSSR count). The Morgan fingerprint density at radius 1 is 0.232 bits per heavy atom. The third kappa shape index (κ3) is 68.7. The van der Waals surface area contributed by atoms with E-state index >= 15 is 0 Å². The van der Waals surface area contributed by atoms with E-state index in [1.54, 1.807) is 0 Å². The highest BCUT2D eigenvalue weighted by Crippen LogP contribution is 2.19. The van der Waals surface area contributed by atoms with E-state index in [-0.39, 0.29) is 31.1 Å². The van der Waals surface area contributed by atoms with Crippen LogP contribution in [0.25, 0.3) is 0 Å². The van der Waals surface area contributed by atoms with Crippen molar-refractivity contribution in [3.63, 3.8) is 0 Å². The van der Waals surface area contributed by atoms with Crippen LogP contribution in [0.5, 0.6) is 0 Å². The first kappa shape index (κ1) is 79.9. The summed E-state index contributed by atoms with van der Waals surface area (Å²) < 4.78 is 17.0. The molecule has 0 saturated carbocycles. The number of allylic oxidation sites excluding steroid dienone is 4. The van der Waals surface area contributed by atoms with Gasteiger partial charge in [0.1, 0.15) is 13.2 Å². The first-order chi connectivity index (χ1) is 40.5.